The summed E-state index contributed by atoms with van der Waals surface area (Å²) in [6.45, 7) is 5.54. The zero-order chi connectivity index (χ0) is 28.7. The van der Waals surface area contributed by atoms with Crippen LogP contribution in [0.5, 0.6) is 5.75 Å². The van der Waals surface area contributed by atoms with Gasteiger partial charge in [-0.05, 0) is 74.2 Å². The summed E-state index contributed by atoms with van der Waals surface area (Å²) in [6.07, 6.45) is -2.19. The highest BCUT2D eigenvalue weighted by Crippen LogP contribution is 2.54. The lowest BCUT2D eigenvalue weighted by Gasteiger charge is -2.44. The molecule has 1 aromatic heterocycles. The Labute approximate surface area is 229 Å². The molecule has 1 saturated carbocycles. The number of nitrogens with zero attached hydrogens (tertiary/aromatic N) is 4. The summed E-state index contributed by atoms with van der Waals surface area (Å²) in [7, 11) is 1.49. The van der Waals surface area contributed by atoms with Gasteiger partial charge in [0, 0.05) is 17.9 Å². The number of carbonyl (C=O) groups excluding carboxylic acids is 1. The zero-order valence-corrected chi connectivity index (χ0v) is 22.7. The van der Waals surface area contributed by atoms with Crippen LogP contribution in [0.3, 0.4) is 0 Å². The van der Waals surface area contributed by atoms with Gasteiger partial charge >= 0.3 is 12.1 Å². The van der Waals surface area contributed by atoms with Crippen molar-refractivity contribution >= 4 is 5.97 Å². The molecule has 40 heavy (non-hydrogen) atoms. The Morgan fingerprint density at radius 3 is 2.58 bits per heavy atom. The molecule has 12 heteroatoms. The second kappa shape index (κ2) is 10.5. The van der Waals surface area contributed by atoms with Crippen LogP contribution >= 0.6 is 0 Å². The summed E-state index contributed by atoms with van der Waals surface area (Å²) in [5.74, 6) is -1.77. The van der Waals surface area contributed by atoms with Crippen molar-refractivity contribution in [2.75, 3.05) is 7.11 Å². The Morgan fingerprint density at radius 2 is 1.90 bits per heavy atom. The highest BCUT2D eigenvalue weighted by molar-refractivity contribution is 5.75. The topological polar surface area (TPSA) is 100 Å². The molecule has 0 radical (unpaired) electrons. The van der Waals surface area contributed by atoms with Gasteiger partial charge in [0.25, 0.3) is 5.82 Å². The highest BCUT2D eigenvalue weighted by Gasteiger charge is 2.55. The van der Waals surface area contributed by atoms with E-state index < -0.39 is 35.2 Å². The molecule has 2 aromatic carbocycles. The molecule has 2 heterocycles. The maximum atomic E-state index is 13.5. The number of esters is 1. The molecule has 9 nitrogen and oxygen atoms in total. The summed E-state index contributed by atoms with van der Waals surface area (Å²) < 4.78 is 52.6. The lowest BCUT2D eigenvalue weighted by Crippen LogP contribution is -2.47. The number of hydrogen-bond donors (Lipinski definition) is 1. The summed E-state index contributed by atoms with van der Waals surface area (Å²) in [5, 5.41) is 9.94. The minimum Gasteiger partial charge on any atom is -0.496 e. The molecule has 0 bridgehead atoms. The molecule has 2 aliphatic rings. The Morgan fingerprint density at radius 1 is 1.15 bits per heavy atom. The Hall–Kier alpha value is -3.51. The van der Waals surface area contributed by atoms with E-state index in [0.717, 1.165) is 12.0 Å². The average molecular weight is 560 g/mol. The van der Waals surface area contributed by atoms with Crippen molar-refractivity contribution in [1.82, 2.24) is 25.7 Å². The number of nitrogens with one attached hydrogen (secondary N) is 1. The number of hydrogen-bond acceptors (Lipinski definition) is 8. The second-order valence-corrected chi connectivity index (χ2v) is 11.3. The first-order valence-electron chi connectivity index (χ1n) is 13.2. The minimum absolute atomic E-state index is 0.130. The van der Waals surface area contributed by atoms with Crippen molar-refractivity contribution < 1.29 is 32.3 Å². The van der Waals surface area contributed by atoms with E-state index in [0.29, 0.717) is 35.3 Å². The van der Waals surface area contributed by atoms with Gasteiger partial charge in [0.2, 0.25) is 0 Å². The van der Waals surface area contributed by atoms with Gasteiger partial charge < -0.3 is 9.47 Å². The maximum Gasteiger partial charge on any atom is 0.453 e. The summed E-state index contributed by atoms with van der Waals surface area (Å²) in [6, 6.07) is 13.9. The number of aromatic nitrogens is 4. The molecule has 1 spiro atoms. The molecule has 4 atom stereocenters. The van der Waals surface area contributed by atoms with Crippen LogP contribution in [0.15, 0.2) is 48.5 Å². The lowest BCUT2D eigenvalue weighted by molar-refractivity contribution is -0.170. The molecule has 214 valence electrons. The monoisotopic (exact) mass is 559 g/mol. The largest absolute Gasteiger partial charge is 0.496 e. The fourth-order valence-electron chi connectivity index (χ4n) is 5.94. The number of hydroxylamine groups is 1. The Balaban J connectivity index is 1.52. The smallest absolute Gasteiger partial charge is 0.453 e. The van der Waals surface area contributed by atoms with Crippen LogP contribution in [0.1, 0.15) is 75.4 Å². The van der Waals surface area contributed by atoms with E-state index in [1.165, 1.54) is 13.2 Å². The zero-order valence-electron chi connectivity index (χ0n) is 22.7. The predicted molar refractivity (Wildman–Crippen MR) is 137 cm³/mol. The fourth-order valence-corrected chi connectivity index (χ4v) is 5.94. The van der Waals surface area contributed by atoms with Gasteiger partial charge in [-0.2, -0.15) is 23.3 Å². The molecule has 5 rings (SSSR count). The van der Waals surface area contributed by atoms with E-state index in [1.807, 2.05) is 51.1 Å². The molecule has 1 saturated heterocycles. The van der Waals surface area contributed by atoms with Gasteiger partial charge in [0.1, 0.15) is 11.4 Å². The lowest BCUT2D eigenvalue weighted by atomic mass is 9.64. The SMILES string of the molecule is COc1ccc(-n2nnnc2C(F)(F)F)cc1[C@H]1C[C@@]2(CCCC(C(=O)OC(C)(C)C)[C@H]2c2ccccc2)ON1. The average Bonchev–Trinajstić information content (AvgIpc) is 3.56. The predicted octanol–water partition coefficient (Wildman–Crippen LogP) is 5.32. The van der Waals surface area contributed by atoms with Crippen LogP contribution < -0.4 is 10.2 Å². The standard InChI is InChI=1S/C28H32F3N5O4/c1-26(2,3)39-24(37)19-11-8-14-27(23(19)17-9-6-5-7-10-17)16-21(33-40-27)20-15-18(12-13-22(20)38-4)36-25(28(29,30)31)32-34-35-36/h5-7,9-10,12-13,15,19,21,23,33H,8,11,14,16H2,1-4H3/t19?,21-,23-,27-/m1/s1. The second-order valence-electron chi connectivity index (χ2n) is 11.3. The van der Waals surface area contributed by atoms with Crippen LogP contribution in [0, 0.1) is 5.92 Å². The first-order chi connectivity index (χ1) is 18.9. The fraction of sp³-hybridized carbons (Fsp3) is 0.500. The van der Waals surface area contributed by atoms with Crippen molar-refractivity contribution in [3.63, 3.8) is 0 Å². The number of halogens is 3. The van der Waals surface area contributed by atoms with Crippen LogP contribution in [0.2, 0.25) is 0 Å². The molecular formula is C28H32F3N5O4. The van der Waals surface area contributed by atoms with E-state index in [9.17, 15) is 18.0 Å². The Bertz CT molecular complexity index is 1360. The maximum absolute atomic E-state index is 13.5. The Kier molecular flexibility index (Phi) is 7.34. The van der Waals surface area contributed by atoms with Crippen LogP contribution in [-0.4, -0.2) is 44.5 Å². The molecule has 1 unspecified atom stereocenters. The van der Waals surface area contributed by atoms with E-state index in [1.54, 1.807) is 12.1 Å². The van der Waals surface area contributed by atoms with E-state index in [-0.39, 0.29) is 17.6 Å². The van der Waals surface area contributed by atoms with E-state index in [2.05, 4.69) is 21.0 Å². The van der Waals surface area contributed by atoms with Crippen molar-refractivity contribution in [3.05, 3.63) is 65.5 Å². The third-order valence-corrected chi connectivity index (χ3v) is 7.46. The molecule has 2 fully saturated rings. The summed E-state index contributed by atoms with van der Waals surface area (Å²) in [4.78, 5) is 19.8. The number of methoxy groups -OCH3 is 1. The van der Waals surface area contributed by atoms with Gasteiger partial charge in [-0.1, -0.05) is 30.3 Å². The van der Waals surface area contributed by atoms with Crippen molar-refractivity contribution in [1.29, 1.82) is 0 Å². The highest BCUT2D eigenvalue weighted by atomic mass is 19.4. The van der Waals surface area contributed by atoms with Crippen LogP contribution in [-0.2, 0) is 20.5 Å². The third-order valence-electron chi connectivity index (χ3n) is 7.46. The molecule has 1 aliphatic heterocycles. The minimum atomic E-state index is -4.73. The molecule has 1 aliphatic carbocycles. The normalized spacial score (nSPS) is 25.2. The number of benzene rings is 2. The first kappa shape index (κ1) is 28.0. The van der Waals surface area contributed by atoms with Gasteiger partial charge in [-0.25, -0.2) is 0 Å². The van der Waals surface area contributed by atoms with Gasteiger partial charge in [0.15, 0.2) is 0 Å². The van der Waals surface area contributed by atoms with Crippen molar-refractivity contribution in [2.24, 2.45) is 5.92 Å². The third kappa shape index (κ3) is 5.42. The van der Waals surface area contributed by atoms with Crippen LogP contribution in [0.4, 0.5) is 13.2 Å². The molecule has 0 amide bonds. The van der Waals surface area contributed by atoms with Gasteiger partial charge in [0.05, 0.1) is 30.4 Å². The van der Waals surface area contributed by atoms with Gasteiger partial charge in [-0.15, -0.1) is 5.10 Å². The summed E-state index contributed by atoms with van der Waals surface area (Å²) >= 11 is 0. The molecule has 3 aromatic rings. The number of rotatable bonds is 5. The quantitative estimate of drug-likeness (QED) is 0.420. The van der Waals surface area contributed by atoms with Crippen molar-refractivity contribution in [2.45, 2.75) is 75.8 Å². The van der Waals surface area contributed by atoms with Gasteiger partial charge in [-0.3, -0.25) is 9.63 Å². The molecule has 1 N–H and O–H groups in total. The van der Waals surface area contributed by atoms with Crippen LogP contribution in [0.25, 0.3) is 5.69 Å². The number of ether oxygens (including phenoxy) is 2. The number of tetrazole rings is 1. The number of alkyl halides is 3. The first-order valence-corrected chi connectivity index (χ1v) is 13.2. The molecular weight excluding hydrogens is 527 g/mol. The van der Waals surface area contributed by atoms with E-state index in [4.69, 9.17) is 14.3 Å². The van der Waals surface area contributed by atoms with E-state index >= 15 is 0 Å². The summed E-state index contributed by atoms with van der Waals surface area (Å²) in [5.41, 5.74) is 3.40. The number of carbonyl (C=O) groups is 1. The van der Waals surface area contributed by atoms with Crippen molar-refractivity contribution in [3.8, 4) is 11.4 Å².